The average Bonchev–Trinajstić information content (AvgIpc) is 1.85. The van der Waals surface area contributed by atoms with Crippen molar-refractivity contribution in [3.63, 3.8) is 0 Å². The van der Waals surface area contributed by atoms with Gasteiger partial charge in [-0.3, -0.25) is 4.98 Å². The van der Waals surface area contributed by atoms with Crippen molar-refractivity contribution in [1.29, 1.82) is 0 Å². The standard InChI is InChI=1S/C6H9N3OS/c1-8(2)9-4-3-5(11)7-6(9)10/h3-4H,1-2H3,(H,7,10,11). The SMILES string of the molecule is CN(C)n1ccc(=S)[nH]c1=O. The maximum Gasteiger partial charge on any atom is 0.345 e. The minimum absolute atomic E-state index is 0.220. The molecule has 0 aliphatic carbocycles. The van der Waals surface area contributed by atoms with Crippen molar-refractivity contribution in [3.8, 4) is 0 Å². The van der Waals surface area contributed by atoms with E-state index in [0.717, 1.165) is 0 Å². The molecule has 0 unspecified atom stereocenters. The molecule has 5 heteroatoms. The highest BCUT2D eigenvalue weighted by molar-refractivity contribution is 7.71. The summed E-state index contributed by atoms with van der Waals surface area (Å²) in [6, 6.07) is 1.66. The first-order chi connectivity index (χ1) is 5.11. The van der Waals surface area contributed by atoms with Crippen molar-refractivity contribution in [3.05, 3.63) is 27.4 Å². The normalized spacial score (nSPS) is 9.64. The summed E-state index contributed by atoms with van der Waals surface area (Å²) in [5.74, 6) is 0. The first-order valence-electron chi connectivity index (χ1n) is 3.11. The van der Waals surface area contributed by atoms with Gasteiger partial charge in [-0.25, -0.2) is 9.47 Å². The zero-order valence-corrected chi connectivity index (χ0v) is 7.18. The highest BCUT2D eigenvalue weighted by atomic mass is 32.1. The van der Waals surface area contributed by atoms with Gasteiger partial charge in [0.05, 0.1) is 0 Å². The third-order valence-electron chi connectivity index (χ3n) is 1.24. The molecular formula is C6H9N3OS. The minimum Gasteiger partial charge on any atom is -0.315 e. The van der Waals surface area contributed by atoms with E-state index in [-0.39, 0.29) is 5.69 Å². The average molecular weight is 171 g/mol. The van der Waals surface area contributed by atoms with E-state index in [1.807, 2.05) is 0 Å². The molecule has 0 aromatic carbocycles. The van der Waals surface area contributed by atoms with Gasteiger partial charge in [-0.05, 0) is 6.07 Å². The molecule has 4 nitrogen and oxygen atoms in total. The lowest BCUT2D eigenvalue weighted by Crippen LogP contribution is -2.36. The Morgan fingerprint density at radius 3 is 2.73 bits per heavy atom. The van der Waals surface area contributed by atoms with Crippen LogP contribution in [-0.2, 0) is 0 Å². The lowest BCUT2D eigenvalue weighted by Gasteiger charge is -2.13. The molecule has 0 fully saturated rings. The lowest BCUT2D eigenvalue weighted by atomic mass is 10.7. The van der Waals surface area contributed by atoms with Gasteiger partial charge in [0.15, 0.2) is 0 Å². The highest BCUT2D eigenvalue weighted by Crippen LogP contribution is 1.80. The van der Waals surface area contributed by atoms with Crippen molar-refractivity contribution in [1.82, 2.24) is 9.66 Å². The first-order valence-corrected chi connectivity index (χ1v) is 3.51. The van der Waals surface area contributed by atoms with Gasteiger partial charge >= 0.3 is 5.69 Å². The Labute approximate surface area is 69.1 Å². The van der Waals surface area contributed by atoms with Crippen molar-refractivity contribution in [2.75, 3.05) is 19.1 Å². The predicted molar refractivity (Wildman–Crippen MR) is 46.0 cm³/mol. The highest BCUT2D eigenvalue weighted by Gasteiger charge is 1.93. The fourth-order valence-electron chi connectivity index (χ4n) is 0.725. The van der Waals surface area contributed by atoms with Gasteiger partial charge in [0.2, 0.25) is 0 Å². The quantitative estimate of drug-likeness (QED) is 0.609. The van der Waals surface area contributed by atoms with E-state index >= 15 is 0 Å². The summed E-state index contributed by atoms with van der Waals surface area (Å²) in [7, 11) is 3.55. The Kier molecular flexibility index (Phi) is 2.09. The summed E-state index contributed by atoms with van der Waals surface area (Å²) in [4.78, 5) is 13.6. The van der Waals surface area contributed by atoms with Crippen molar-refractivity contribution >= 4 is 12.2 Å². The molecule has 1 aromatic heterocycles. The number of hydrogen-bond acceptors (Lipinski definition) is 3. The van der Waals surface area contributed by atoms with Crippen LogP contribution in [0.4, 0.5) is 0 Å². The van der Waals surface area contributed by atoms with Crippen LogP contribution in [0.3, 0.4) is 0 Å². The van der Waals surface area contributed by atoms with Crippen molar-refractivity contribution in [2.45, 2.75) is 0 Å². The molecular weight excluding hydrogens is 162 g/mol. The van der Waals surface area contributed by atoms with Gasteiger partial charge in [0, 0.05) is 20.3 Å². The van der Waals surface area contributed by atoms with Gasteiger partial charge in [-0.2, -0.15) is 0 Å². The second-order valence-corrected chi connectivity index (χ2v) is 2.74. The molecule has 0 aliphatic heterocycles. The Hall–Kier alpha value is -1.10. The number of aromatic nitrogens is 2. The molecule has 1 N–H and O–H groups in total. The fraction of sp³-hybridized carbons (Fsp3) is 0.333. The van der Waals surface area contributed by atoms with E-state index in [9.17, 15) is 4.79 Å². The maximum absolute atomic E-state index is 11.1. The zero-order chi connectivity index (χ0) is 8.43. The predicted octanol–water partition coefficient (Wildman–Crippen LogP) is 0.103. The third-order valence-corrected chi connectivity index (χ3v) is 1.47. The number of rotatable bonds is 1. The summed E-state index contributed by atoms with van der Waals surface area (Å²) in [6.07, 6.45) is 1.63. The molecule has 0 bridgehead atoms. The monoisotopic (exact) mass is 171 g/mol. The van der Waals surface area contributed by atoms with Crippen LogP contribution in [-0.4, -0.2) is 23.8 Å². The van der Waals surface area contributed by atoms with Gasteiger partial charge in [0.1, 0.15) is 4.64 Å². The van der Waals surface area contributed by atoms with Crippen LogP contribution in [0.2, 0.25) is 0 Å². The molecule has 1 aromatic rings. The molecule has 0 saturated carbocycles. The smallest absolute Gasteiger partial charge is 0.315 e. The van der Waals surface area contributed by atoms with E-state index in [2.05, 4.69) is 4.98 Å². The molecule has 11 heavy (non-hydrogen) atoms. The number of hydrogen-bond donors (Lipinski definition) is 1. The Morgan fingerprint density at radius 2 is 2.27 bits per heavy atom. The molecule has 1 heterocycles. The van der Waals surface area contributed by atoms with E-state index in [1.165, 1.54) is 4.68 Å². The molecule has 60 valence electrons. The molecule has 0 spiro atoms. The number of H-pyrrole nitrogens is 1. The van der Waals surface area contributed by atoms with Crippen LogP contribution in [0.1, 0.15) is 0 Å². The molecule has 0 saturated heterocycles. The summed E-state index contributed by atoms with van der Waals surface area (Å²) >= 11 is 4.76. The van der Waals surface area contributed by atoms with E-state index in [4.69, 9.17) is 12.2 Å². The van der Waals surface area contributed by atoms with Gasteiger partial charge in [0.25, 0.3) is 0 Å². The van der Waals surface area contributed by atoms with E-state index in [0.29, 0.717) is 4.64 Å². The lowest BCUT2D eigenvalue weighted by molar-refractivity contribution is 0.674. The maximum atomic E-state index is 11.1. The number of nitrogens with one attached hydrogen (secondary N) is 1. The largest absolute Gasteiger partial charge is 0.345 e. The summed E-state index contributed by atoms with van der Waals surface area (Å²) in [6.45, 7) is 0. The first kappa shape index (κ1) is 8.00. The number of aromatic amines is 1. The van der Waals surface area contributed by atoms with Crippen molar-refractivity contribution < 1.29 is 0 Å². The Balaban J connectivity index is 3.32. The van der Waals surface area contributed by atoms with E-state index < -0.39 is 0 Å². The van der Waals surface area contributed by atoms with Crippen LogP contribution >= 0.6 is 12.2 Å². The second-order valence-electron chi connectivity index (χ2n) is 2.30. The summed E-state index contributed by atoms with van der Waals surface area (Å²) in [5, 5.41) is 1.66. The molecule has 1 rings (SSSR count). The van der Waals surface area contributed by atoms with Crippen LogP contribution in [0.25, 0.3) is 0 Å². The fourth-order valence-corrected chi connectivity index (χ4v) is 0.873. The Bertz CT molecular complexity index is 351. The van der Waals surface area contributed by atoms with Crippen LogP contribution in [0, 0.1) is 4.64 Å². The molecule has 0 radical (unpaired) electrons. The number of nitrogens with zero attached hydrogens (tertiary/aromatic N) is 2. The molecule has 0 amide bonds. The van der Waals surface area contributed by atoms with Crippen LogP contribution in [0.15, 0.2) is 17.1 Å². The summed E-state index contributed by atoms with van der Waals surface area (Å²) in [5.41, 5.74) is -0.220. The van der Waals surface area contributed by atoms with E-state index in [1.54, 1.807) is 31.4 Å². The van der Waals surface area contributed by atoms with Crippen LogP contribution < -0.4 is 10.7 Å². The van der Waals surface area contributed by atoms with Gasteiger partial charge in [-0.15, -0.1) is 0 Å². The molecule has 0 atom stereocenters. The van der Waals surface area contributed by atoms with Gasteiger partial charge < -0.3 is 5.01 Å². The van der Waals surface area contributed by atoms with Crippen molar-refractivity contribution in [2.24, 2.45) is 0 Å². The molecule has 0 aliphatic rings. The zero-order valence-electron chi connectivity index (χ0n) is 6.37. The third kappa shape index (κ3) is 1.68. The topological polar surface area (TPSA) is 41.0 Å². The van der Waals surface area contributed by atoms with Crippen LogP contribution in [0.5, 0.6) is 0 Å². The minimum atomic E-state index is -0.220. The second kappa shape index (κ2) is 2.87. The Morgan fingerprint density at radius 1 is 1.64 bits per heavy atom. The van der Waals surface area contributed by atoms with Gasteiger partial charge in [-0.1, -0.05) is 12.2 Å². The summed E-state index contributed by atoms with van der Waals surface area (Å²) < 4.78 is 1.88.